The van der Waals surface area contributed by atoms with Crippen molar-refractivity contribution in [3.05, 3.63) is 36.7 Å². The van der Waals surface area contributed by atoms with Crippen LogP contribution in [0.4, 0.5) is 0 Å². The number of hydrogen-bond donors (Lipinski definition) is 3. The third-order valence-corrected chi connectivity index (χ3v) is 6.10. The first-order chi connectivity index (χ1) is 10.1. The molecule has 0 aliphatic heterocycles. The van der Waals surface area contributed by atoms with E-state index < -0.39 is 10.0 Å². The van der Waals surface area contributed by atoms with Gasteiger partial charge in [0.2, 0.25) is 10.0 Å². The zero-order valence-corrected chi connectivity index (χ0v) is 12.8. The van der Waals surface area contributed by atoms with Gasteiger partial charge in [-0.1, -0.05) is 0 Å². The van der Waals surface area contributed by atoms with Crippen molar-refractivity contribution in [1.29, 1.82) is 0 Å². The molecule has 0 amide bonds. The Hall–Kier alpha value is -1.74. The Morgan fingerprint density at radius 3 is 3.00 bits per heavy atom. The van der Waals surface area contributed by atoms with Crippen LogP contribution < -0.4 is 10.5 Å². The van der Waals surface area contributed by atoms with Crippen LogP contribution in [0.3, 0.4) is 0 Å². The number of aromatic amines is 1. The van der Waals surface area contributed by atoms with Crippen molar-refractivity contribution in [3.63, 3.8) is 0 Å². The van der Waals surface area contributed by atoms with Crippen molar-refractivity contribution in [1.82, 2.24) is 14.7 Å². The molecule has 0 radical (unpaired) electrons. The molecular weight excluding hydrogens is 308 g/mol. The second-order valence-corrected chi connectivity index (χ2v) is 7.55. The maximum Gasteiger partial charge on any atom is 0.250 e. The van der Waals surface area contributed by atoms with Gasteiger partial charge in [-0.15, -0.1) is 11.3 Å². The summed E-state index contributed by atoms with van der Waals surface area (Å²) in [6, 6.07) is 7.27. The summed E-state index contributed by atoms with van der Waals surface area (Å²) in [5.41, 5.74) is 5.38. The predicted molar refractivity (Wildman–Crippen MR) is 82.4 cm³/mol. The van der Waals surface area contributed by atoms with E-state index >= 15 is 0 Å². The van der Waals surface area contributed by atoms with Gasteiger partial charge in [0.25, 0.3) is 0 Å². The Morgan fingerprint density at radius 2 is 2.19 bits per heavy atom. The Balaban J connectivity index is 1.99. The molecule has 6 nitrogen and oxygen atoms in total. The molecule has 3 rings (SSSR count). The van der Waals surface area contributed by atoms with Crippen LogP contribution in [0.15, 0.2) is 40.9 Å². The number of rotatable bonds is 5. The van der Waals surface area contributed by atoms with Crippen molar-refractivity contribution >= 4 is 32.4 Å². The van der Waals surface area contributed by atoms with Gasteiger partial charge in [0, 0.05) is 28.2 Å². The highest BCUT2D eigenvalue weighted by Gasteiger charge is 2.18. The monoisotopic (exact) mass is 323 g/mol. The Morgan fingerprint density at radius 1 is 1.33 bits per heavy atom. The van der Waals surface area contributed by atoms with E-state index in [1.165, 1.54) is 11.3 Å². The molecule has 0 fully saturated rings. The molecule has 21 heavy (non-hydrogen) atoms. The molecular formula is C13H15N4O2S2+. The highest BCUT2D eigenvalue weighted by atomic mass is 32.2. The number of nitrogens with one attached hydrogen (secondary N) is 2. The molecule has 0 unspecified atom stereocenters. The van der Waals surface area contributed by atoms with Gasteiger partial charge in [-0.2, -0.15) is 0 Å². The smallest absolute Gasteiger partial charge is 0.250 e. The lowest BCUT2D eigenvalue weighted by Gasteiger charge is -2.00. The summed E-state index contributed by atoms with van der Waals surface area (Å²) in [6.07, 6.45) is 3.57. The number of fused-ring (bicyclic) bond motifs is 1. The number of aromatic nitrogens is 2. The van der Waals surface area contributed by atoms with E-state index in [9.17, 15) is 8.42 Å². The summed E-state index contributed by atoms with van der Waals surface area (Å²) < 4.78 is 27.0. The largest absolute Gasteiger partial charge is 0.356 e. The number of thiophene rings is 1. The highest BCUT2D eigenvalue weighted by Crippen LogP contribution is 2.34. The summed E-state index contributed by atoms with van der Waals surface area (Å²) in [7, 11) is -3.44. The molecule has 0 atom stereocenters. The topological polar surface area (TPSA) is 102 Å². The third kappa shape index (κ3) is 2.70. The lowest BCUT2D eigenvalue weighted by atomic mass is 10.2. The van der Waals surface area contributed by atoms with Gasteiger partial charge in [-0.05, 0) is 24.3 Å². The van der Waals surface area contributed by atoms with Crippen LogP contribution in [0.2, 0.25) is 0 Å². The number of nitrogens with zero attached hydrogens (tertiary/aromatic N) is 1. The van der Waals surface area contributed by atoms with Crippen molar-refractivity contribution in [2.24, 2.45) is 0 Å². The van der Waals surface area contributed by atoms with Crippen molar-refractivity contribution in [3.8, 4) is 10.4 Å². The van der Waals surface area contributed by atoms with Crippen LogP contribution in [0.25, 0.3) is 21.5 Å². The fourth-order valence-corrected chi connectivity index (χ4v) is 4.50. The molecule has 0 aliphatic rings. The fourth-order valence-electron chi connectivity index (χ4n) is 2.05. The van der Waals surface area contributed by atoms with Gasteiger partial charge in [0.15, 0.2) is 0 Å². The molecule has 5 N–H and O–H groups in total. The number of H-pyrrole nitrogens is 1. The molecule has 8 heteroatoms. The molecule has 0 saturated carbocycles. The first-order valence-corrected chi connectivity index (χ1v) is 8.73. The standard InChI is InChI=1S/C13H14N4O2S2/c14-5-7-17-21(18,19)12-4-3-11(20-12)10-8-16-13-9(10)2-1-6-15-13/h1-4,6,8,17H,5,7,14H2,(H,15,16)/p+1. The van der Waals surface area contributed by atoms with Gasteiger partial charge in [0.05, 0.1) is 13.1 Å². The minimum Gasteiger partial charge on any atom is -0.356 e. The number of hydrogen-bond acceptors (Lipinski definition) is 4. The molecule has 0 aliphatic carbocycles. The quantitative estimate of drug-likeness (QED) is 0.647. The van der Waals surface area contributed by atoms with Crippen LogP contribution in [0.5, 0.6) is 0 Å². The summed E-state index contributed by atoms with van der Waals surface area (Å²) in [5, 5.41) is 0.981. The first kappa shape index (κ1) is 14.2. The van der Waals surface area contributed by atoms with Gasteiger partial charge >= 0.3 is 0 Å². The lowest BCUT2D eigenvalue weighted by molar-refractivity contribution is -0.364. The molecule has 110 valence electrons. The van der Waals surface area contributed by atoms with E-state index in [-0.39, 0.29) is 0 Å². The third-order valence-electron chi connectivity index (χ3n) is 3.03. The van der Waals surface area contributed by atoms with Crippen molar-refractivity contribution < 1.29 is 14.2 Å². The molecule has 0 spiro atoms. The Kier molecular flexibility index (Phi) is 3.77. The lowest BCUT2D eigenvalue weighted by Crippen LogP contribution is -2.54. The first-order valence-electron chi connectivity index (χ1n) is 6.43. The molecule has 0 aromatic carbocycles. The average Bonchev–Trinajstić information content (AvgIpc) is 3.11. The van der Waals surface area contributed by atoms with Crippen LogP contribution >= 0.6 is 11.3 Å². The number of sulfonamides is 1. The Bertz CT molecular complexity index is 867. The number of quaternary nitrogens is 1. The zero-order chi connectivity index (χ0) is 14.9. The number of pyridine rings is 1. The summed E-state index contributed by atoms with van der Waals surface area (Å²) >= 11 is 1.24. The average molecular weight is 323 g/mol. The fraction of sp³-hybridized carbons (Fsp3) is 0.154. The normalized spacial score (nSPS) is 12.0. The van der Waals surface area contributed by atoms with Gasteiger partial charge in [0.1, 0.15) is 9.86 Å². The molecule has 0 saturated heterocycles. The molecule has 3 heterocycles. The van der Waals surface area contributed by atoms with Crippen LogP contribution in [-0.2, 0) is 10.0 Å². The predicted octanol–water partition coefficient (Wildman–Crippen LogP) is 0.812. The second-order valence-electron chi connectivity index (χ2n) is 4.47. The minimum atomic E-state index is -3.44. The van der Waals surface area contributed by atoms with E-state index in [0.29, 0.717) is 17.3 Å². The van der Waals surface area contributed by atoms with E-state index in [1.807, 2.05) is 24.4 Å². The van der Waals surface area contributed by atoms with E-state index in [2.05, 4.69) is 20.4 Å². The van der Waals surface area contributed by atoms with Gasteiger partial charge < -0.3 is 10.7 Å². The van der Waals surface area contributed by atoms with Crippen LogP contribution in [-0.4, -0.2) is 31.5 Å². The van der Waals surface area contributed by atoms with Gasteiger partial charge in [-0.3, -0.25) is 0 Å². The van der Waals surface area contributed by atoms with E-state index in [4.69, 9.17) is 0 Å². The van der Waals surface area contributed by atoms with Gasteiger partial charge in [-0.25, -0.2) is 18.1 Å². The highest BCUT2D eigenvalue weighted by molar-refractivity contribution is 7.91. The van der Waals surface area contributed by atoms with Crippen molar-refractivity contribution in [2.75, 3.05) is 13.1 Å². The summed E-state index contributed by atoms with van der Waals surface area (Å²) in [6.45, 7) is 0.859. The van der Waals surface area contributed by atoms with E-state index in [0.717, 1.165) is 21.5 Å². The zero-order valence-electron chi connectivity index (χ0n) is 11.2. The molecule has 0 bridgehead atoms. The van der Waals surface area contributed by atoms with Crippen LogP contribution in [0.1, 0.15) is 0 Å². The SMILES string of the molecule is [NH3+]CCNS(=O)(=O)c1ccc(-c2c[nH]c3ncccc23)s1. The maximum atomic E-state index is 12.1. The molecule has 3 aromatic rings. The van der Waals surface area contributed by atoms with Crippen molar-refractivity contribution in [2.45, 2.75) is 4.21 Å². The minimum absolute atomic E-state index is 0.309. The van der Waals surface area contributed by atoms with E-state index in [1.54, 1.807) is 12.3 Å². The Labute approximate surface area is 126 Å². The summed E-state index contributed by atoms with van der Waals surface area (Å²) in [5.74, 6) is 0. The second kappa shape index (κ2) is 5.57. The van der Waals surface area contributed by atoms with Crippen LogP contribution in [0, 0.1) is 0 Å². The maximum absolute atomic E-state index is 12.1. The molecule has 3 aromatic heterocycles. The summed E-state index contributed by atoms with van der Waals surface area (Å²) in [4.78, 5) is 8.22.